The SMILES string of the molecule is CCC1(N)Oc2cc(C(=O)c3ccc(C=NN4CCOCC4)cc3)ccc2CC1CC(=O)O.Cl. The number of carboxylic acids is 1. The molecular formula is C25H30ClN3O5. The van der Waals surface area contributed by atoms with E-state index < -0.39 is 11.7 Å². The Bertz CT molecular complexity index is 1050. The number of ketones is 1. The number of fused-ring (bicyclic) bond motifs is 1. The lowest BCUT2D eigenvalue weighted by Crippen LogP contribution is -2.55. The highest BCUT2D eigenvalue weighted by Crippen LogP contribution is 2.38. The number of aliphatic carboxylic acids is 1. The molecule has 2 unspecified atom stereocenters. The van der Waals surface area contributed by atoms with Crippen molar-refractivity contribution in [2.45, 2.75) is 31.9 Å². The lowest BCUT2D eigenvalue weighted by molar-refractivity contribution is -0.141. The van der Waals surface area contributed by atoms with Gasteiger partial charge in [-0.2, -0.15) is 5.10 Å². The van der Waals surface area contributed by atoms with Crippen molar-refractivity contribution in [1.82, 2.24) is 5.01 Å². The van der Waals surface area contributed by atoms with Crippen LogP contribution in [0.25, 0.3) is 0 Å². The van der Waals surface area contributed by atoms with E-state index >= 15 is 0 Å². The Balaban J connectivity index is 0.00000324. The molecule has 2 heterocycles. The van der Waals surface area contributed by atoms with Crippen LogP contribution in [-0.4, -0.2) is 60.1 Å². The second-order valence-corrected chi connectivity index (χ2v) is 8.49. The molecular weight excluding hydrogens is 458 g/mol. The van der Waals surface area contributed by atoms with E-state index in [0.717, 1.165) is 24.2 Å². The molecule has 4 rings (SSSR count). The summed E-state index contributed by atoms with van der Waals surface area (Å²) in [6, 6.07) is 12.6. The van der Waals surface area contributed by atoms with E-state index in [1.165, 1.54) is 0 Å². The molecule has 2 aromatic carbocycles. The molecule has 0 aromatic heterocycles. The summed E-state index contributed by atoms with van der Waals surface area (Å²) in [6.07, 6.45) is 2.69. The smallest absolute Gasteiger partial charge is 0.303 e. The zero-order chi connectivity index (χ0) is 23.4. The van der Waals surface area contributed by atoms with Crippen molar-refractivity contribution in [2.75, 3.05) is 26.3 Å². The highest BCUT2D eigenvalue weighted by molar-refractivity contribution is 6.09. The van der Waals surface area contributed by atoms with Crippen LogP contribution in [0.2, 0.25) is 0 Å². The predicted octanol–water partition coefficient (Wildman–Crippen LogP) is 3.10. The molecule has 0 bridgehead atoms. The fraction of sp³-hybridized carbons (Fsp3) is 0.400. The van der Waals surface area contributed by atoms with E-state index in [2.05, 4.69) is 5.10 Å². The van der Waals surface area contributed by atoms with Crippen LogP contribution in [0, 0.1) is 5.92 Å². The molecule has 2 aliphatic heterocycles. The van der Waals surface area contributed by atoms with Crippen molar-refractivity contribution in [2.24, 2.45) is 16.8 Å². The van der Waals surface area contributed by atoms with Gasteiger partial charge in [-0.1, -0.05) is 43.3 Å². The Morgan fingerprint density at radius 3 is 2.50 bits per heavy atom. The molecule has 9 heteroatoms. The van der Waals surface area contributed by atoms with E-state index in [1.54, 1.807) is 30.5 Å². The van der Waals surface area contributed by atoms with Crippen molar-refractivity contribution in [3.05, 3.63) is 64.7 Å². The second kappa shape index (κ2) is 11.0. The minimum atomic E-state index is -1.07. The summed E-state index contributed by atoms with van der Waals surface area (Å²) >= 11 is 0. The van der Waals surface area contributed by atoms with Crippen molar-refractivity contribution in [3.8, 4) is 5.75 Å². The number of benzene rings is 2. The van der Waals surface area contributed by atoms with E-state index in [9.17, 15) is 14.7 Å². The molecule has 0 aliphatic carbocycles. The third-order valence-corrected chi connectivity index (χ3v) is 6.29. The number of hydrazone groups is 1. The zero-order valence-corrected chi connectivity index (χ0v) is 19.9. The summed E-state index contributed by atoms with van der Waals surface area (Å²) in [6.45, 7) is 4.77. The van der Waals surface area contributed by atoms with Crippen LogP contribution < -0.4 is 10.5 Å². The number of carboxylic acid groups (broad SMARTS) is 1. The number of nitrogens with two attached hydrogens (primary N) is 1. The van der Waals surface area contributed by atoms with Gasteiger partial charge in [-0.05, 0) is 30.0 Å². The molecule has 1 saturated heterocycles. The maximum atomic E-state index is 13.1. The van der Waals surface area contributed by atoms with E-state index in [4.69, 9.17) is 15.2 Å². The summed E-state index contributed by atoms with van der Waals surface area (Å²) in [7, 11) is 0. The Morgan fingerprint density at radius 1 is 1.18 bits per heavy atom. The number of rotatable bonds is 7. The monoisotopic (exact) mass is 487 g/mol. The van der Waals surface area contributed by atoms with Crippen LogP contribution >= 0.6 is 12.4 Å². The van der Waals surface area contributed by atoms with Gasteiger partial charge in [0.2, 0.25) is 0 Å². The van der Waals surface area contributed by atoms with Crippen LogP contribution in [-0.2, 0) is 16.0 Å². The van der Waals surface area contributed by atoms with Gasteiger partial charge < -0.3 is 14.6 Å². The van der Waals surface area contributed by atoms with Gasteiger partial charge in [0, 0.05) is 17.0 Å². The van der Waals surface area contributed by atoms with Gasteiger partial charge in [0.1, 0.15) is 5.75 Å². The van der Waals surface area contributed by atoms with Crippen molar-refractivity contribution < 1.29 is 24.2 Å². The molecule has 0 amide bonds. The van der Waals surface area contributed by atoms with Crippen molar-refractivity contribution in [1.29, 1.82) is 0 Å². The summed E-state index contributed by atoms with van der Waals surface area (Å²) in [5.74, 6) is -0.813. The average Bonchev–Trinajstić information content (AvgIpc) is 2.83. The summed E-state index contributed by atoms with van der Waals surface area (Å²) in [4.78, 5) is 24.3. The molecule has 0 radical (unpaired) electrons. The van der Waals surface area contributed by atoms with Crippen molar-refractivity contribution >= 4 is 30.4 Å². The first-order chi connectivity index (χ1) is 15.9. The quantitative estimate of drug-likeness (QED) is 0.455. The van der Waals surface area contributed by atoms with Gasteiger partial charge in [0.15, 0.2) is 11.5 Å². The number of morpholine rings is 1. The van der Waals surface area contributed by atoms with Gasteiger partial charge in [-0.15, -0.1) is 12.4 Å². The largest absolute Gasteiger partial charge is 0.481 e. The average molecular weight is 488 g/mol. The fourth-order valence-corrected chi connectivity index (χ4v) is 4.21. The highest BCUT2D eigenvalue weighted by atomic mass is 35.5. The molecule has 8 nitrogen and oxygen atoms in total. The van der Waals surface area contributed by atoms with Crippen LogP contribution in [0.3, 0.4) is 0 Å². The first kappa shape index (κ1) is 25.7. The van der Waals surface area contributed by atoms with Gasteiger partial charge >= 0.3 is 5.97 Å². The first-order valence-corrected chi connectivity index (χ1v) is 11.2. The topological polar surface area (TPSA) is 114 Å². The number of ether oxygens (including phenoxy) is 2. The number of carbonyl (C=O) groups excluding carboxylic acids is 1. The highest BCUT2D eigenvalue weighted by Gasteiger charge is 2.41. The minimum Gasteiger partial charge on any atom is -0.481 e. The molecule has 2 aliphatic rings. The minimum absolute atomic E-state index is 0. The number of hydrogen-bond donors (Lipinski definition) is 2. The molecule has 2 aromatic rings. The standard InChI is InChI=1S/C25H29N3O5.ClH/c1-2-25(26)21(15-23(29)30)13-19-7-8-20(14-22(19)33-25)24(31)18-5-3-17(4-6-18)16-27-28-9-11-32-12-10-28;/h3-8,14,16,21H,2,9-13,15,26H2,1H3,(H,29,30);1H. The van der Waals surface area contributed by atoms with Crippen molar-refractivity contribution in [3.63, 3.8) is 0 Å². The second-order valence-electron chi connectivity index (χ2n) is 8.49. The Kier molecular flexibility index (Phi) is 8.30. The van der Waals surface area contributed by atoms with Gasteiger partial charge in [-0.25, -0.2) is 0 Å². The lowest BCUT2D eigenvalue weighted by atomic mass is 9.82. The molecule has 1 fully saturated rings. The van der Waals surface area contributed by atoms with E-state index in [1.807, 2.05) is 30.1 Å². The third-order valence-electron chi connectivity index (χ3n) is 6.29. The zero-order valence-electron chi connectivity index (χ0n) is 19.1. The van der Waals surface area contributed by atoms with Gasteiger partial charge in [-0.3, -0.25) is 20.3 Å². The summed E-state index contributed by atoms with van der Waals surface area (Å²) < 4.78 is 11.4. The Labute approximate surface area is 205 Å². The van der Waals surface area contributed by atoms with Crippen LogP contribution in [0.1, 0.15) is 46.8 Å². The fourth-order valence-electron chi connectivity index (χ4n) is 4.21. The summed E-state index contributed by atoms with van der Waals surface area (Å²) in [5, 5.41) is 15.7. The predicted molar refractivity (Wildman–Crippen MR) is 131 cm³/mol. The Morgan fingerprint density at radius 2 is 1.85 bits per heavy atom. The van der Waals surface area contributed by atoms with E-state index in [0.29, 0.717) is 42.9 Å². The van der Waals surface area contributed by atoms with Crippen LogP contribution in [0.4, 0.5) is 0 Å². The molecule has 0 spiro atoms. The Hall–Kier alpha value is -2.94. The number of carbonyl (C=O) groups is 2. The maximum absolute atomic E-state index is 13.1. The number of hydrogen-bond acceptors (Lipinski definition) is 7. The lowest BCUT2D eigenvalue weighted by Gasteiger charge is -2.41. The van der Waals surface area contributed by atoms with E-state index in [-0.39, 0.29) is 30.5 Å². The molecule has 34 heavy (non-hydrogen) atoms. The van der Waals surface area contributed by atoms with Crippen LogP contribution in [0.5, 0.6) is 5.75 Å². The van der Waals surface area contributed by atoms with Gasteiger partial charge in [0.25, 0.3) is 0 Å². The molecule has 0 saturated carbocycles. The molecule has 182 valence electrons. The number of nitrogens with zero attached hydrogens (tertiary/aromatic N) is 2. The first-order valence-electron chi connectivity index (χ1n) is 11.2. The molecule has 3 N–H and O–H groups in total. The maximum Gasteiger partial charge on any atom is 0.303 e. The summed E-state index contributed by atoms with van der Waals surface area (Å²) in [5.41, 5.74) is 8.17. The van der Waals surface area contributed by atoms with Crippen LogP contribution in [0.15, 0.2) is 47.6 Å². The molecule has 2 atom stereocenters. The van der Waals surface area contributed by atoms with Gasteiger partial charge in [0.05, 0.1) is 38.9 Å². The normalized spacial score (nSPS) is 21.9. The third kappa shape index (κ3) is 5.75. The number of halogens is 1.